The minimum absolute atomic E-state index is 0.173. The summed E-state index contributed by atoms with van der Waals surface area (Å²) in [5.41, 5.74) is -0.496. The first-order valence-electron chi connectivity index (χ1n) is 8.10. The molecule has 8 heteroatoms. The van der Waals surface area contributed by atoms with Gasteiger partial charge in [0, 0.05) is 25.2 Å². The monoisotopic (exact) mass is 372 g/mol. The average molecular weight is 373 g/mol. The summed E-state index contributed by atoms with van der Waals surface area (Å²) in [7, 11) is 0. The maximum Gasteiger partial charge on any atom is 0.407 e. The smallest absolute Gasteiger partial charge is 0.407 e. The molecule has 1 aromatic heterocycles. The fourth-order valence-electron chi connectivity index (χ4n) is 2.65. The van der Waals surface area contributed by atoms with Crippen LogP contribution in [0.5, 0.6) is 0 Å². The lowest BCUT2D eigenvalue weighted by Crippen LogP contribution is -2.48. The lowest BCUT2D eigenvalue weighted by Gasteiger charge is -2.37. The maximum atomic E-state index is 11.9. The van der Waals surface area contributed by atoms with Crippen LogP contribution < -0.4 is 10.2 Å². The SMILES string of the molecule is CSc1nc(Cl)cc(N2CCCCC2CNC(=O)OC(C)(C)C)n1. The number of halogens is 1. The highest BCUT2D eigenvalue weighted by Gasteiger charge is 2.26. The fraction of sp³-hybridized carbons (Fsp3) is 0.688. The minimum atomic E-state index is -0.496. The predicted molar refractivity (Wildman–Crippen MR) is 98.0 cm³/mol. The van der Waals surface area contributed by atoms with Crippen molar-refractivity contribution in [3.8, 4) is 0 Å². The van der Waals surface area contributed by atoms with Gasteiger partial charge in [0.25, 0.3) is 0 Å². The normalized spacial score (nSPS) is 18.4. The highest BCUT2D eigenvalue weighted by atomic mass is 35.5. The Labute approximate surface area is 152 Å². The van der Waals surface area contributed by atoms with E-state index in [1.54, 1.807) is 6.07 Å². The number of nitrogens with zero attached hydrogens (tertiary/aromatic N) is 3. The van der Waals surface area contributed by atoms with E-state index >= 15 is 0 Å². The lowest BCUT2D eigenvalue weighted by molar-refractivity contribution is 0.0523. The summed E-state index contributed by atoms with van der Waals surface area (Å²) in [6.07, 6.45) is 4.75. The van der Waals surface area contributed by atoms with Crippen LogP contribution in [0.2, 0.25) is 5.15 Å². The summed E-state index contributed by atoms with van der Waals surface area (Å²) in [4.78, 5) is 22.8. The van der Waals surface area contributed by atoms with Crippen molar-refractivity contribution in [1.29, 1.82) is 0 Å². The van der Waals surface area contributed by atoms with Gasteiger partial charge in [-0.2, -0.15) is 0 Å². The molecule has 0 aromatic carbocycles. The molecule has 1 unspecified atom stereocenters. The number of ether oxygens (including phenoxy) is 1. The molecule has 1 amide bonds. The molecule has 0 radical (unpaired) electrons. The third-order valence-electron chi connectivity index (χ3n) is 3.65. The number of amides is 1. The van der Waals surface area contributed by atoms with Gasteiger partial charge in [0.1, 0.15) is 16.6 Å². The van der Waals surface area contributed by atoms with E-state index in [1.807, 2.05) is 27.0 Å². The summed E-state index contributed by atoms with van der Waals surface area (Å²) in [6, 6.07) is 1.96. The van der Waals surface area contributed by atoms with E-state index in [0.717, 1.165) is 31.6 Å². The van der Waals surface area contributed by atoms with Gasteiger partial charge in [0.05, 0.1) is 0 Å². The Morgan fingerprint density at radius 3 is 2.88 bits per heavy atom. The number of hydrogen-bond donors (Lipinski definition) is 1. The summed E-state index contributed by atoms with van der Waals surface area (Å²) in [5.74, 6) is 0.815. The van der Waals surface area contributed by atoms with Crippen molar-refractivity contribution in [2.45, 2.75) is 56.8 Å². The van der Waals surface area contributed by atoms with Gasteiger partial charge >= 0.3 is 6.09 Å². The summed E-state index contributed by atoms with van der Waals surface area (Å²) < 4.78 is 5.31. The third kappa shape index (κ3) is 5.70. The third-order valence-corrected chi connectivity index (χ3v) is 4.39. The van der Waals surface area contributed by atoms with Crippen LogP contribution in [0, 0.1) is 0 Å². The van der Waals surface area contributed by atoms with Crippen LogP contribution in [0.15, 0.2) is 11.2 Å². The second-order valence-corrected chi connectivity index (χ2v) is 7.92. The molecule has 0 aliphatic carbocycles. The van der Waals surface area contributed by atoms with Crippen molar-refractivity contribution in [3.63, 3.8) is 0 Å². The van der Waals surface area contributed by atoms with Gasteiger partial charge in [-0.1, -0.05) is 23.4 Å². The van der Waals surface area contributed by atoms with Gasteiger partial charge in [0.2, 0.25) is 0 Å². The van der Waals surface area contributed by atoms with E-state index in [1.165, 1.54) is 11.8 Å². The minimum Gasteiger partial charge on any atom is -0.444 e. The van der Waals surface area contributed by atoms with Crippen LogP contribution in [0.1, 0.15) is 40.0 Å². The molecule has 2 rings (SSSR count). The molecule has 1 atom stereocenters. The molecule has 0 saturated carbocycles. The molecule has 1 N–H and O–H groups in total. The molecule has 0 spiro atoms. The zero-order valence-electron chi connectivity index (χ0n) is 14.6. The van der Waals surface area contributed by atoms with Gasteiger partial charge in [-0.15, -0.1) is 0 Å². The molecule has 24 heavy (non-hydrogen) atoms. The van der Waals surface area contributed by atoms with Crippen LogP contribution >= 0.6 is 23.4 Å². The van der Waals surface area contributed by atoms with Crippen LogP contribution in [0.4, 0.5) is 10.6 Å². The second-order valence-electron chi connectivity index (χ2n) is 6.76. The Bertz CT molecular complexity index is 580. The van der Waals surface area contributed by atoms with E-state index in [2.05, 4.69) is 20.2 Å². The molecule has 134 valence electrons. The van der Waals surface area contributed by atoms with Crippen molar-refractivity contribution >= 4 is 35.3 Å². The van der Waals surface area contributed by atoms with Crippen molar-refractivity contribution in [3.05, 3.63) is 11.2 Å². The number of aromatic nitrogens is 2. The number of piperidine rings is 1. The Morgan fingerprint density at radius 1 is 1.46 bits per heavy atom. The first kappa shape index (κ1) is 19.1. The highest BCUT2D eigenvalue weighted by molar-refractivity contribution is 7.98. The number of rotatable bonds is 4. The first-order valence-corrected chi connectivity index (χ1v) is 9.71. The predicted octanol–water partition coefficient (Wildman–Crippen LogP) is 3.74. The topological polar surface area (TPSA) is 67.4 Å². The summed E-state index contributed by atoms with van der Waals surface area (Å²) in [5, 5.41) is 3.96. The number of carbonyl (C=O) groups excluding carboxylic acids is 1. The Balaban J connectivity index is 2.05. The van der Waals surface area contributed by atoms with E-state index in [9.17, 15) is 4.79 Å². The Hall–Kier alpha value is -1.21. The van der Waals surface area contributed by atoms with Crippen molar-refractivity contribution in [2.75, 3.05) is 24.2 Å². The standard InChI is InChI=1S/C16H25ClN4O2S/c1-16(2,3)23-15(22)18-10-11-7-5-6-8-21(11)13-9-12(17)19-14(20-13)24-4/h9,11H,5-8,10H2,1-4H3,(H,18,22). The quantitative estimate of drug-likeness (QED) is 0.493. The van der Waals surface area contributed by atoms with Crippen molar-refractivity contribution in [2.24, 2.45) is 0 Å². The number of nitrogens with one attached hydrogen (secondary N) is 1. The largest absolute Gasteiger partial charge is 0.444 e. The van der Waals surface area contributed by atoms with E-state index in [0.29, 0.717) is 16.9 Å². The van der Waals surface area contributed by atoms with Gasteiger partial charge in [-0.3, -0.25) is 0 Å². The van der Waals surface area contributed by atoms with E-state index in [4.69, 9.17) is 16.3 Å². The fourth-order valence-corrected chi connectivity index (χ4v) is 3.26. The number of carbonyl (C=O) groups is 1. The van der Waals surface area contributed by atoms with Crippen LogP contribution in [0.25, 0.3) is 0 Å². The Morgan fingerprint density at radius 2 is 2.21 bits per heavy atom. The zero-order chi connectivity index (χ0) is 17.7. The number of thioether (sulfide) groups is 1. The van der Waals surface area contributed by atoms with Gasteiger partial charge in [0.15, 0.2) is 5.16 Å². The molecule has 1 fully saturated rings. The number of hydrogen-bond acceptors (Lipinski definition) is 6. The van der Waals surface area contributed by atoms with Crippen LogP contribution in [0.3, 0.4) is 0 Å². The van der Waals surface area contributed by atoms with Crippen molar-refractivity contribution < 1.29 is 9.53 Å². The first-order chi connectivity index (χ1) is 11.3. The number of alkyl carbamates (subject to hydrolysis) is 1. The molecule has 1 aliphatic rings. The summed E-state index contributed by atoms with van der Waals surface area (Å²) in [6.45, 7) is 6.97. The van der Waals surface area contributed by atoms with Crippen LogP contribution in [-0.4, -0.2) is 47.0 Å². The average Bonchev–Trinajstić information content (AvgIpc) is 2.51. The lowest BCUT2D eigenvalue weighted by atomic mass is 10.0. The maximum absolute atomic E-state index is 11.9. The molecule has 1 aliphatic heterocycles. The molecule has 1 aromatic rings. The molecule has 6 nitrogen and oxygen atoms in total. The molecule has 0 bridgehead atoms. The van der Waals surface area contributed by atoms with Gasteiger partial charge < -0.3 is 15.0 Å². The highest BCUT2D eigenvalue weighted by Crippen LogP contribution is 2.26. The zero-order valence-corrected chi connectivity index (χ0v) is 16.2. The summed E-state index contributed by atoms with van der Waals surface area (Å²) >= 11 is 7.58. The van der Waals surface area contributed by atoms with E-state index in [-0.39, 0.29) is 6.04 Å². The molecular formula is C16H25ClN4O2S. The van der Waals surface area contributed by atoms with Gasteiger partial charge in [-0.05, 0) is 46.3 Å². The Kier molecular flexibility index (Phi) is 6.57. The molecule has 2 heterocycles. The van der Waals surface area contributed by atoms with Crippen molar-refractivity contribution in [1.82, 2.24) is 15.3 Å². The van der Waals surface area contributed by atoms with Crippen LogP contribution in [-0.2, 0) is 4.74 Å². The molecule has 1 saturated heterocycles. The van der Waals surface area contributed by atoms with Gasteiger partial charge in [-0.25, -0.2) is 14.8 Å². The van der Waals surface area contributed by atoms with E-state index < -0.39 is 11.7 Å². The second kappa shape index (κ2) is 8.25. The molecular weight excluding hydrogens is 348 g/mol. The number of anilines is 1.